The number of piperidine rings is 1. The average Bonchev–Trinajstić information content (AvgIpc) is 2.39. The van der Waals surface area contributed by atoms with E-state index in [2.05, 4.69) is 14.9 Å². The summed E-state index contributed by atoms with van der Waals surface area (Å²) in [5, 5.41) is 16.4. The number of nitrogens with two attached hydrogens (primary N) is 1. The minimum atomic E-state index is -0.0427. The summed E-state index contributed by atoms with van der Waals surface area (Å²) in [6.45, 7) is 1.93. The van der Waals surface area contributed by atoms with Crippen molar-refractivity contribution in [1.29, 1.82) is 5.41 Å². The fraction of sp³-hybridized carbons (Fsp3) is 0.545. The highest BCUT2D eigenvalue weighted by Gasteiger charge is 2.20. The molecule has 0 aliphatic carbocycles. The molecule has 0 radical (unpaired) electrons. The molecule has 6 heteroatoms. The van der Waals surface area contributed by atoms with E-state index in [-0.39, 0.29) is 12.4 Å². The molecule has 0 spiro atoms. The van der Waals surface area contributed by atoms with E-state index < -0.39 is 0 Å². The largest absolute Gasteiger partial charge is 0.396 e. The maximum Gasteiger partial charge on any atom is 0.225 e. The zero-order valence-electron chi connectivity index (χ0n) is 9.63. The van der Waals surface area contributed by atoms with Crippen molar-refractivity contribution in [3.8, 4) is 0 Å². The molecule has 17 heavy (non-hydrogen) atoms. The number of aliphatic hydroxyl groups is 1. The van der Waals surface area contributed by atoms with Crippen LogP contribution < -0.4 is 10.6 Å². The molecule has 1 fully saturated rings. The Morgan fingerprint density at radius 3 is 2.82 bits per heavy atom. The highest BCUT2D eigenvalue weighted by atomic mass is 16.3. The zero-order valence-corrected chi connectivity index (χ0v) is 9.63. The lowest BCUT2D eigenvalue weighted by molar-refractivity contribution is 0.202. The summed E-state index contributed by atoms with van der Waals surface area (Å²) in [4.78, 5) is 10.5. The SMILES string of the molecule is N=C(N)c1ccnc(N2CCC(CO)CC2)n1. The first kappa shape index (κ1) is 11.8. The molecule has 0 aromatic carbocycles. The standard InChI is InChI=1S/C11H17N5O/c12-10(13)9-1-4-14-11(15-9)16-5-2-8(7-17)3-6-16/h1,4,8,17H,2-3,5-7H2,(H3,12,13). The zero-order chi connectivity index (χ0) is 12.3. The highest BCUT2D eigenvalue weighted by molar-refractivity contribution is 5.93. The van der Waals surface area contributed by atoms with Gasteiger partial charge >= 0.3 is 0 Å². The molecule has 1 aromatic heterocycles. The summed E-state index contributed by atoms with van der Waals surface area (Å²) in [5.74, 6) is 0.968. The van der Waals surface area contributed by atoms with Crippen LogP contribution in [0.15, 0.2) is 12.3 Å². The van der Waals surface area contributed by atoms with Gasteiger partial charge in [0.05, 0.1) is 0 Å². The van der Waals surface area contributed by atoms with Crippen LogP contribution in [0.1, 0.15) is 18.5 Å². The second-order valence-electron chi connectivity index (χ2n) is 4.27. The third-order valence-corrected chi connectivity index (χ3v) is 3.07. The van der Waals surface area contributed by atoms with E-state index in [1.54, 1.807) is 12.3 Å². The lowest BCUT2D eigenvalue weighted by Gasteiger charge is -2.31. The van der Waals surface area contributed by atoms with Gasteiger partial charge in [0.15, 0.2) is 0 Å². The Hall–Kier alpha value is -1.69. The number of nitrogen functional groups attached to an aromatic ring is 1. The molecule has 1 aromatic rings. The van der Waals surface area contributed by atoms with Crippen LogP contribution in [0.2, 0.25) is 0 Å². The summed E-state index contributed by atoms with van der Waals surface area (Å²) in [5.41, 5.74) is 5.85. The maximum absolute atomic E-state index is 9.07. The molecule has 6 nitrogen and oxygen atoms in total. The van der Waals surface area contributed by atoms with E-state index in [0.29, 0.717) is 17.6 Å². The smallest absolute Gasteiger partial charge is 0.225 e. The Labute approximate surface area is 100.0 Å². The maximum atomic E-state index is 9.07. The Morgan fingerprint density at radius 2 is 2.24 bits per heavy atom. The van der Waals surface area contributed by atoms with E-state index in [0.717, 1.165) is 25.9 Å². The van der Waals surface area contributed by atoms with Gasteiger partial charge in [0.2, 0.25) is 5.95 Å². The van der Waals surface area contributed by atoms with E-state index in [1.807, 2.05) is 0 Å². The lowest BCUT2D eigenvalue weighted by atomic mass is 9.98. The predicted molar refractivity (Wildman–Crippen MR) is 65.1 cm³/mol. The van der Waals surface area contributed by atoms with Crippen LogP contribution in [0.3, 0.4) is 0 Å². The van der Waals surface area contributed by atoms with Crippen LogP contribution in [0.25, 0.3) is 0 Å². The molecule has 0 unspecified atom stereocenters. The van der Waals surface area contributed by atoms with Crippen LogP contribution in [-0.2, 0) is 0 Å². The molecule has 2 heterocycles. The van der Waals surface area contributed by atoms with Gasteiger partial charge in [-0.1, -0.05) is 0 Å². The Bertz CT molecular complexity index is 401. The quantitative estimate of drug-likeness (QED) is 0.504. The number of hydrogen-bond acceptors (Lipinski definition) is 5. The summed E-state index contributed by atoms with van der Waals surface area (Å²) in [7, 11) is 0. The van der Waals surface area contributed by atoms with Gasteiger partial charge < -0.3 is 15.7 Å². The Kier molecular flexibility index (Phi) is 3.53. The van der Waals surface area contributed by atoms with E-state index in [4.69, 9.17) is 16.2 Å². The number of anilines is 1. The normalized spacial score (nSPS) is 17.1. The number of nitrogens with one attached hydrogen (secondary N) is 1. The second kappa shape index (κ2) is 5.09. The number of aliphatic hydroxyl groups excluding tert-OH is 1. The minimum Gasteiger partial charge on any atom is -0.396 e. The molecule has 1 aliphatic heterocycles. The van der Waals surface area contributed by atoms with Crippen molar-refractivity contribution in [2.75, 3.05) is 24.6 Å². The first-order valence-electron chi connectivity index (χ1n) is 5.74. The van der Waals surface area contributed by atoms with Gasteiger partial charge in [0.25, 0.3) is 0 Å². The summed E-state index contributed by atoms with van der Waals surface area (Å²) < 4.78 is 0. The molecule has 0 saturated carbocycles. The molecule has 1 saturated heterocycles. The van der Waals surface area contributed by atoms with Gasteiger partial charge in [-0.25, -0.2) is 9.97 Å². The molecular formula is C11H17N5O. The van der Waals surface area contributed by atoms with Crippen LogP contribution in [-0.4, -0.2) is 40.6 Å². The van der Waals surface area contributed by atoms with Gasteiger partial charge in [-0.3, -0.25) is 5.41 Å². The average molecular weight is 235 g/mol. The van der Waals surface area contributed by atoms with Gasteiger partial charge in [0.1, 0.15) is 11.5 Å². The topological polar surface area (TPSA) is 99.1 Å². The van der Waals surface area contributed by atoms with Gasteiger partial charge in [-0.2, -0.15) is 0 Å². The fourth-order valence-electron chi connectivity index (χ4n) is 1.97. The minimum absolute atomic E-state index is 0.0427. The molecule has 1 aliphatic rings. The van der Waals surface area contributed by atoms with Crippen molar-refractivity contribution < 1.29 is 5.11 Å². The van der Waals surface area contributed by atoms with Gasteiger partial charge in [0, 0.05) is 25.9 Å². The number of nitrogens with zero attached hydrogens (tertiary/aromatic N) is 3. The molecule has 92 valence electrons. The van der Waals surface area contributed by atoms with E-state index in [9.17, 15) is 0 Å². The predicted octanol–water partition coefficient (Wildman–Crippen LogP) is -0.0306. The van der Waals surface area contributed by atoms with E-state index >= 15 is 0 Å². The number of amidine groups is 1. The van der Waals surface area contributed by atoms with Crippen LogP contribution in [0.5, 0.6) is 0 Å². The fourth-order valence-corrected chi connectivity index (χ4v) is 1.97. The summed E-state index contributed by atoms with van der Waals surface area (Å²) >= 11 is 0. The third kappa shape index (κ3) is 2.71. The first-order valence-corrected chi connectivity index (χ1v) is 5.74. The van der Waals surface area contributed by atoms with Crippen molar-refractivity contribution in [3.05, 3.63) is 18.0 Å². The number of rotatable bonds is 3. The third-order valence-electron chi connectivity index (χ3n) is 3.07. The van der Waals surface area contributed by atoms with Crippen LogP contribution in [0.4, 0.5) is 5.95 Å². The molecule has 4 N–H and O–H groups in total. The van der Waals surface area contributed by atoms with Gasteiger partial charge in [-0.15, -0.1) is 0 Å². The molecule has 2 rings (SSSR count). The molecule has 0 atom stereocenters. The first-order chi connectivity index (χ1) is 8.20. The van der Waals surface area contributed by atoms with Gasteiger partial charge in [-0.05, 0) is 24.8 Å². The van der Waals surface area contributed by atoms with Crippen molar-refractivity contribution in [2.45, 2.75) is 12.8 Å². The van der Waals surface area contributed by atoms with Crippen LogP contribution >= 0.6 is 0 Å². The number of aromatic nitrogens is 2. The molecule has 0 amide bonds. The Balaban J connectivity index is 2.08. The highest BCUT2D eigenvalue weighted by Crippen LogP contribution is 2.19. The summed E-state index contributed by atoms with van der Waals surface area (Å²) in [6, 6.07) is 1.63. The van der Waals surface area contributed by atoms with Crippen molar-refractivity contribution in [2.24, 2.45) is 11.7 Å². The van der Waals surface area contributed by atoms with E-state index in [1.165, 1.54) is 0 Å². The number of hydrogen-bond donors (Lipinski definition) is 3. The van der Waals surface area contributed by atoms with Crippen molar-refractivity contribution >= 4 is 11.8 Å². The Morgan fingerprint density at radius 1 is 1.53 bits per heavy atom. The monoisotopic (exact) mass is 235 g/mol. The van der Waals surface area contributed by atoms with Crippen molar-refractivity contribution in [3.63, 3.8) is 0 Å². The second-order valence-corrected chi connectivity index (χ2v) is 4.27. The van der Waals surface area contributed by atoms with Crippen LogP contribution in [0, 0.1) is 11.3 Å². The summed E-state index contributed by atoms with van der Waals surface area (Å²) in [6.07, 6.45) is 3.52. The lowest BCUT2D eigenvalue weighted by Crippen LogP contribution is -2.36. The van der Waals surface area contributed by atoms with Crippen molar-refractivity contribution in [1.82, 2.24) is 9.97 Å². The molecule has 0 bridgehead atoms. The molecular weight excluding hydrogens is 218 g/mol.